The zero-order chi connectivity index (χ0) is 15.6. The number of benzene rings is 1. The van der Waals surface area contributed by atoms with E-state index in [9.17, 15) is 13.2 Å². The first-order chi connectivity index (χ1) is 9.81. The summed E-state index contributed by atoms with van der Waals surface area (Å²) in [6.45, 7) is 0.202. The molecular formula is C12H14Cl2N2O4S. The molecule has 1 heterocycles. The van der Waals surface area contributed by atoms with E-state index in [0.717, 1.165) is 4.31 Å². The van der Waals surface area contributed by atoms with Gasteiger partial charge in [0.05, 0.1) is 21.7 Å². The highest BCUT2D eigenvalue weighted by Crippen LogP contribution is 2.31. The zero-order valence-corrected chi connectivity index (χ0v) is 13.2. The molecule has 0 spiro atoms. The molecule has 9 heteroatoms. The molecule has 116 valence electrons. The first-order valence-electron chi connectivity index (χ1n) is 6.26. The smallest absolute Gasteiger partial charge is 0.307 e. The van der Waals surface area contributed by atoms with E-state index in [1.807, 2.05) is 0 Å². The topological polar surface area (TPSA) is 86.7 Å². The summed E-state index contributed by atoms with van der Waals surface area (Å²) in [7, 11) is -3.90. The second-order valence-electron chi connectivity index (χ2n) is 4.74. The number of hydrogen-bond acceptors (Lipinski definition) is 3. The molecule has 0 saturated carbocycles. The standard InChI is InChI=1S/C12H14Cl2N2O4S/c13-9-4-1-5-10(14)11(9)15-21(19,20)16-6-2-3-8(7-16)12(17)18/h1,4-5,8,15H,2-3,6-7H2,(H,17,18). The summed E-state index contributed by atoms with van der Waals surface area (Å²) in [4.78, 5) is 11.0. The Morgan fingerprint density at radius 2 is 1.95 bits per heavy atom. The minimum atomic E-state index is -3.90. The summed E-state index contributed by atoms with van der Waals surface area (Å²) in [5.74, 6) is -1.69. The normalized spacial score (nSPS) is 20.2. The molecule has 0 aromatic heterocycles. The van der Waals surface area contributed by atoms with Gasteiger partial charge in [0.25, 0.3) is 0 Å². The zero-order valence-electron chi connectivity index (χ0n) is 10.9. The lowest BCUT2D eigenvalue weighted by Crippen LogP contribution is -2.44. The van der Waals surface area contributed by atoms with Gasteiger partial charge in [0.15, 0.2) is 0 Å². The molecule has 1 unspecified atom stereocenters. The maximum Gasteiger partial charge on any atom is 0.307 e. The second kappa shape index (κ2) is 6.39. The van der Waals surface area contributed by atoms with E-state index in [-0.39, 0.29) is 28.8 Å². The van der Waals surface area contributed by atoms with Gasteiger partial charge in [0.1, 0.15) is 0 Å². The van der Waals surface area contributed by atoms with Crippen LogP contribution in [0.15, 0.2) is 18.2 Å². The molecule has 1 aliphatic heterocycles. The Labute approximate surface area is 132 Å². The number of halogens is 2. The predicted octanol–water partition coefficient (Wildman–Crippen LogP) is 2.45. The van der Waals surface area contributed by atoms with Crippen molar-refractivity contribution in [2.24, 2.45) is 5.92 Å². The van der Waals surface area contributed by atoms with E-state index in [1.54, 1.807) is 6.07 Å². The third-order valence-electron chi connectivity index (χ3n) is 3.27. The van der Waals surface area contributed by atoms with Crippen LogP contribution in [0.3, 0.4) is 0 Å². The molecule has 0 radical (unpaired) electrons. The van der Waals surface area contributed by atoms with Crippen molar-refractivity contribution >= 4 is 45.1 Å². The number of carboxylic acid groups (broad SMARTS) is 1. The van der Waals surface area contributed by atoms with Crippen LogP contribution < -0.4 is 4.72 Å². The summed E-state index contributed by atoms with van der Waals surface area (Å²) in [6, 6.07) is 4.63. The second-order valence-corrected chi connectivity index (χ2v) is 7.22. The SMILES string of the molecule is O=C(O)C1CCCN(S(=O)(=O)Nc2c(Cl)cccc2Cl)C1. The average Bonchev–Trinajstić information content (AvgIpc) is 2.43. The van der Waals surface area contributed by atoms with Crippen LogP contribution in [0.4, 0.5) is 5.69 Å². The molecule has 0 bridgehead atoms. The average molecular weight is 353 g/mol. The lowest BCUT2D eigenvalue weighted by atomic mass is 10.0. The Morgan fingerprint density at radius 3 is 2.52 bits per heavy atom. The van der Waals surface area contributed by atoms with E-state index in [0.29, 0.717) is 12.8 Å². The third-order valence-corrected chi connectivity index (χ3v) is 5.37. The van der Waals surface area contributed by atoms with Crippen LogP contribution in [0.25, 0.3) is 0 Å². The van der Waals surface area contributed by atoms with Crippen molar-refractivity contribution in [1.29, 1.82) is 0 Å². The van der Waals surface area contributed by atoms with Gasteiger partial charge in [-0.25, -0.2) is 0 Å². The van der Waals surface area contributed by atoms with Crippen LogP contribution >= 0.6 is 23.2 Å². The van der Waals surface area contributed by atoms with Crippen molar-refractivity contribution in [2.45, 2.75) is 12.8 Å². The highest BCUT2D eigenvalue weighted by molar-refractivity contribution is 7.90. The molecule has 2 rings (SSSR count). The number of rotatable bonds is 4. The number of nitrogens with one attached hydrogen (secondary N) is 1. The molecule has 2 N–H and O–H groups in total. The molecule has 1 saturated heterocycles. The van der Waals surface area contributed by atoms with Crippen molar-refractivity contribution in [3.05, 3.63) is 28.2 Å². The molecule has 1 atom stereocenters. The summed E-state index contributed by atoms with van der Waals surface area (Å²) in [5, 5.41) is 9.37. The summed E-state index contributed by atoms with van der Waals surface area (Å²) < 4.78 is 28.1. The monoisotopic (exact) mass is 352 g/mol. The molecule has 21 heavy (non-hydrogen) atoms. The van der Waals surface area contributed by atoms with Crippen molar-refractivity contribution in [3.63, 3.8) is 0 Å². The van der Waals surface area contributed by atoms with E-state index in [2.05, 4.69) is 4.72 Å². The molecule has 0 amide bonds. The quantitative estimate of drug-likeness (QED) is 0.871. The molecule has 1 fully saturated rings. The summed E-state index contributed by atoms with van der Waals surface area (Å²) >= 11 is 11.9. The fourth-order valence-electron chi connectivity index (χ4n) is 2.15. The van der Waals surface area contributed by atoms with Gasteiger partial charge in [-0.3, -0.25) is 9.52 Å². The van der Waals surface area contributed by atoms with Gasteiger partial charge in [-0.2, -0.15) is 12.7 Å². The number of anilines is 1. The van der Waals surface area contributed by atoms with Gasteiger partial charge in [0.2, 0.25) is 0 Å². The highest BCUT2D eigenvalue weighted by atomic mass is 35.5. The lowest BCUT2D eigenvalue weighted by Gasteiger charge is -2.30. The van der Waals surface area contributed by atoms with Crippen LogP contribution in [0, 0.1) is 5.92 Å². The number of hydrogen-bond donors (Lipinski definition) is 2. The number of carboxylic acids is 1. The van der Waals surface area contributed by atoms with Crippen LogP contribution in [0.5, 0.6) is 0 Å². The van der Waals surface area contributed by atoms with Crippen LogP contribution in [-0.2, 0) is 15.0 Å². The fourth-order valence-corrected chi connectivity index (χ4v) is 4.11. The van der Waals surface area contributed by atoms with Crippen molar-refractivity contribution in [1.82, 2.24) is 4.31 Å². The Hall–Kier alpha value is -1.02. The van der Waals surface area contributed by atoms with E-state index < -0.39 is 22.1 Å². The Morgan fingerprint density at radius 1 is 1.33 bits per heavy atom. The van der Waals surface area contributed by atoms with Crippen molar-refractivity contribution in [3.8, 4) is 0 Å². The van der Waals surface area contributed by atoms with E-state index >= 15 is 0 Å². The van der Waals surface area contributed by atoms with Crippen LogP contribution in [0.1, 0.15) is 12.8 Å². The van der Waals surface area contributed by atoms with Crippen LogP contribution in [0.2, 0.25) is 10.0 Å². The van der Waals surface area contributed by atoms with Gasteiger partial charge in [-0.15, -0.1) is 0 Å². The Balaban J connectivity index is 2.20. The number of aliphatic carboxylic acids is 1. The van der Waals surface area contributed by atoms with Gasteiger partial charge >= 0.3 is 16.2 Å². The minimum absolute atomic E-state index is 0.0628. The minimum Gasteiger partial charge on any atom is -0.481 e. The largest absolute Gasteiger partial charge is 0.481 e. The van der Waals surface area contributed by atoms with E-state index in [4.69, 9.17) is 28.3 Å². The molecule has 1 aromatic carbocycles. The van der Waals surface area contributed by atoms with Gasteiger partial charge in [-0.1, -0.05) is 29.3 Å². The Bertz CT molecular complexity index is 630. The summed E-state index contributed by atoms with van der Waals surface area (Å²) in [5.41, 5.74) is 0.0956. The lowest BCUT2D eigenvalue weighted by molar-refractivity contribution is -0.142. The van der Waals surface area contributed by atoms with Gasteiger partial charge in [0, 0.05) is 13.1 Å². The molecule has 6 nitrogen and oxygen atoms in total. The number of piperidine rings is 1. The number of nitrogens with zero attached hydrogens (tertiary/aromatic N) is 1. The predicted molar refractivity (Wildman–Crippen MR) is 80.9 cm³/mol. The number of carbonyl (C=O) groups is 1. The van der Waals surface area contributed by atoms with Gasteiger partial charge < -0.3 is 5.11 Å². The molecule has 0 aliphatic carbocycles. The maximum atomic E-state index is 12.3. The fraction of sp³-hybridized carbons (Fsp3) is 0.417. The van der Waals surface area contributed by atoms with Crippen molar-refractivity contribution < 1.29 is 18.3 Å². The first-order valence-corrected chi connectivity index (χ1v) is 8.45. The highest BCUT2D eigenvalue weighted by Gasteiger charge is 2.32. The first kappa shape index (κ1) is 16.4. The van der Waals surface area contributed by atoms with Crippen LogP contribution in [-0.4, -0.2) is 36.9 Å². The Kier molecular flexibility index (Phi) is 4.98. The van der Waals surface area contributed by atoms with Gasteiger partial charge in [-0.05, 0) is 25.0 Å². The molecule has 1 aliphatic rings. The van der Waals surface area contributed by atoms with Crippen molar-refractivity contribution in [2.75, 3.05) is 17.8 Å². The van der Waals surface area contributed by atoms with E-state index in [1.165, 1.54) is 12.1 Å². The molecule has 1 aromatic rings. The molecular weight excluding hydrogens is 339 g/mol. The third kappa shape index (κ3) is 3.79. The number of para-hydroxylation sites is 1. The summed E-state index contributed by atoms with van der Waals surface area (Å²) in [6.07, 6.45) is 0.961. The maximum absolute atomic E-state index is 12.3.